The monoisotopic (exact) mass is 258 g/mol. The van der Waals surface area contributed by atoms with Gasteiger partial charge in [0.05, 0.1) is 12.7 Å². The van der Waals surface area contributed by atoms with E-state index in [9.17, 15) is 0 Å². The molecule has 18 heavy (non-hydrogen) atoms. The number of nitrogens with one attached hydrogen (secondary N) is 2. The molecule has 0 saturated carbocycles. The lowest BCUT2D eigenvalue weighted by molar-refractivity contribution is 0.0262. The van der Waals surface area contributed by atoms with E-state index in [0.29, 0.717) is 12.0 Å². The Balaban J connectivity index is 2.32. The highest BCUT2D eigenvalue weighted by molar-refractivity contribution is 4.86. The second kappa shape index (κ2) is 8.86. The Morgan fingerprint density at radius 3 is 2.56 bits per heavy atom. The number of hydrogen-bond acceptors (Lipinski definition) is 4. The summed E-state index contributed by atoms with van der Waals surface area (Å²) in [6.45, 7) is 7.24. The molecule has 0 amide bonds. The molecule has 1 aliphatic rings. The van der Waals surface area contributed by atoms with Crippen molar-refractivity contribution in [1.82, 2.24) is 10.6 Å². The van der Waals surface area contributed by atoms with Gasteiger partial charge in [0.25, 0.3) is 0 Å². The Labute approximate surface area is 112 Å². The van der Waals surface area contributed by atoms with Crippen molar-refractivity contribution in [1.29, 1.82) is 0 Å². The van der Waals surface area contributed by atoms with Crippen LogP contribution in [0.15, 0.2) is 0 Å². The molecule has 0 spiro atoms. The molecule has 0 aromatic rings. The number of rotatable bonds is 9. The van der Waals surface area contributed by atoms with Crippen molar-refractivity contribution in [3.8, 4) is 0 Å². The summed E-state index contributed by atoms with van der Waals surface area (Å²) in [5.74, 6) is 0. The maximum atomic E-state index is 5.37. The van der Waals surface area contributed by atoms with Gasteiger partial charge in [-0.05, 0) is 37.8 Å². The molecule has 108 valence electrons. The topological polar surface area (TPSA) is 42.5 Å². The zero-order chi connectivity index (χ0) is 13.3. The van der Waals surface area contributed by atoms with Crippen LogP contribution in [-0.4, -0.2) is 53.1 Å². The highest BCUT2D eigenvalue weighted by Crippen LogP contribution is 2.33. The fraction of sp³-hybridized carbons (Fsp3) is 1.00. The fourth-order valence-electron chi connectivity index (χ4n) is 2.90. The van der Waals surface area contributed by atoms with Gasteiger partial charge in [0.1, 0.15) is 0 Å². The number of methoxy groups -OCH3 is 2. The van der Waals surface area contributed by atoms with Gasteiger partial charge in [-0.25, -0.2) is 0 Å². The summed E-state index contributed by atoms with van der Waals surface area (Å²) in [7, 11) is 3.47. The summed E-state index contributed by atoms with van der Waals surface area (Å²) >= 11 is 0. The minimum Gasteiger partial charge on any atom is -0.382 e. The first-order valence-corrected chi connectivity index (χ1v) is 7.19. The Hall–Kier alpha value is -0.160. The third-order valence-corrected chi connectivity index (χ3v) is 4.00. The minimum atomic E-state index is 0.162. The minimum absolute atomic E-state index is 0.162. The molecule has 0 radical (unpaired) electrons. The summed E-state index contributed by atoms with van der Waals surface area (Å²) in [6.07, 6.45) is 5.33. The molecule has 0 aliphatic carbocycles. The van der Waals surface area contributed by atoms with E-state index in [4.69, 9.17) is 9.47 Å². The van der Waals surface area contributed by atoms with E-state index in [0.717, 1.165) is 26.2 Å². The standard InChI is InChI=1S/C14H30N2O2/c1-4-5-14(6-8-15-9-7-14)12-16-10-13(18-3)11-17-2/h13,15-16H,4-12H2,1-3H3. The van der Waals surface area contributed by atoms with Crippen LogP contribution in [0.4, 0.5) is 0 Å². The molecule has 0 bridgehead atoms. The van der Waals surface area contributed by atoms with Crippen molar-refractivity contribution in [2.24, 2.45) is 5.41 Å². The van der Waals surface area contributed by atoms with Gasteiger partial charge in [-0.3, -0.25) is 0 Å². The molecule has 1 atom stereocenters. The fourth-order valence-corrected chi connectivity index (χ4v) is 2.90. The van der Waals surface area contributed by atoms with E-state index in [1.54, 1.807) is 14.2 Å². The van der Waals surface area contributed by atoms with Crippen molar-refractivity contribution in [2.75, 3.05) is 47.0 Å². The van der Waals surface area contributed by atoms with Crippen molar-refractivity contribution in [3.63, 3.8) is 0 Å². The number of piperidine rings is 1. The van der Waals surface area contributed by atoms with E-state index >= 15 is 0 Å². The molecule has 0 aromatic carbocycles. The van der Waals surface area contributed by atoms with Crippen molar-refractivity contribution >= 4 is 0 Å². The average molecular weight is 258 g/mol. The number of ether oxygens (including phenoxy) is 2. The second-order valence-corrected chi connectivity index (χ2v) is 5.44. The van der Waals surface area contributed by atoms with Crippen LogP contribution in [0.25, 0.3) is 0 Å². The van der Waals surface area contributed by atoms with E-state index < -0.39 is 0 Å². The smallest absolute Gasteiger partial charge is 0.0928 e. The van der Waals surface area contributed by atoms with Crippen LogP contribution in [-0.2, 0) is 9.47 Å². The number of hydrogen-bond donors (Lipinski definition) is 2. The largest absolute Gasteiger partial charge is 0.382 e. The Bertz CT molecular complexity index is 200. The molecule has 4 nitrogen and oxygen atoms in total. The lowest BCUT2D eigenvalue weighted by atomic mass is 9.75. The van der Waals surface area contributed by atoms with Gasteiger partial charge in [0.2, 0.25) is 0 Å². The molecule has 4 heteroatoms. The van der Waals surface area contributed by atoms with Crippen LogP contribution in [0.1, 0.15) is 32.6 Å². The van der Waals surface area contributed by atoms with E-state index in [1.165, 1.54) is 25.7 Å². The third-order valence-electron chi connectivity index (χ3n) is 4.00. The average Bonchev–Trinajstić information content (AvgIpc) is 2.39. The zero-order valence-corrected chi connectivity index (χ0v) is 12.3. The van der Waals surface area contributed by atoms with Crippen LogP contribution in [0.2, 0.25) is 0 Å². The predicted molar refractivity (Wildman–Crippen MR) is 75.0 cm³/mol. The molecule has 1 unspecified atom stereocenters. The highest BCUT2D eigenvalue weighted by Gasteiger charge is 2.30. The summed E-state index contributed by atoms with van der Waals surface area (Å²) in [5, 5.41) is 7.04. The predicted octanol–water partition coefficient (Wildman–Crippen LogP) is 1.41. The molecule has 1 fully saturated rings. The second-order valence-electron chi connectivity index (χ2n) is 5.44. The molecular weight excluding hydrogens is 228 g/mol. The van der Waals surface area contributed by atoms with Crippen LogP contribution in [0.5, 0.6) is 0 Å². The summed E-state index contributed by atoms with van der Waals surface area (Å²) in [4.78, 5) is 0. The lowest BCUT2D eigenvalue weighted by Gasteiger charge is -2.38. The first-order valence-electron chi connectivity index (χ1n) is 7.19. The van der Waals surface area contributed by atoms with Gasteiger partial charge < -0.3 is 20.1 Å². The molecule has 1 heterocycles. The van der Waals surface area contributed by atoms with Gasteiger partial charge in [-0.2, -0.15) is 0 Å². The third kappa shape index (κ3) is 5.22. The quantitative estimate of drug-likeness (QED) is 0.656. The van der Waals surface area contributed by atoms with Crippen LogP contribution >= 0.6 is 0 Å². The van der Waals surface area contributed by atoms with Crippen molar-refractivity contribution < 1.29 is 9.47 Å². The van der Waals surface area contributed by atoms with E-state index in [1.807, 2.05) is 0 Å². The Morgan fingerprint density at radius 2 is 2.00 bits per heavy atom. The normalized spacial score (nSPS) is 20.8. The van der Waals surface area contributed by atoms with Crippen LogP contribution < -0.4 is 10.6 Å². The Kier molecular flexibility index (Phi) is 7.82. The SMILES string of the molecule is CCCC1(CNCC(COC)OC)CCNCC1. The molecule has 1 rings (SSSR count). The van der Waals surface area contributed by atoms with Gasteiger partial charge in [-0.1, -0.05) is 13.3 Å². The first-order chi connectivity index (χ1) is 8.76. The molecular formula is C14H30N2O2. The lowest BCUT2D eigenvalue weighted by Crippen LogP contribution is -2.45. The van der Waals surface area contributed by atoms with Crippen molar-refractivity contribution in [3.05, 3.63) is 0 Å². The van der Waals surface area contributed by atoms with Gasteiger partial charge in [-0.15, -0.1) is 0 Å². The Morgan fingerprint density at radius 1 is 1.28 bits per heavy atom. The molecule has 1 aliphatic heterocycles. The summed E-state index contributed by atoms with van der Waals surface area (Å²) in [6, 6.07) is 0. The van der Waals surface area contributed by atoms with Gasteiger partial charge >= 0.3 is 0 Å². The zero-order valence-electron chi connectivity index (χ0n) is 12.3. The molecule has 1 saturated heterocycles. The van der Waals surface area contributed by atoms with E-state index in [-0.39, 0.29) is 6.10 Å². The highest BCUT2D eigenvalue weighted by atomic mass is 16.5. The van der Waals surface area contributed by atoms with Crippen molar-refractivity contribution in [2.45, 2.75) is 38.7 Å². The van der Waals surface area contributed by atoms with Crippen LogP contribution in [0.3, 0.4) is 0 Å². The molecule has 2 N–H and O–H groups in total. The van der Waals surface area contributed by atoms with Gasteiger partial charge in [0.15, 0.2) is 0 Å². The first kappa shape index (κ1) is 15.9. The maximum Gasteiger partial charge on any atom is 0.0928 e. The van der Waals surface area contributed by atoms with Crippen LogP contribution in [0, 0.1) is 5.41 Å². The van der Waals surface area contributed by atoms with Gasteiger partial charge in [0, 0.05) is 27.3 Å². The summed E-state index contributed by atoms with van der Waals surface area (Å²) < 4.78 is 10.5. The summed E-state index contributed by atoms with van der Waals surface area (Å²) in [5.41, 5.74) is 0.491. The maximum absolute atomic E-state index is 5.37. The van der Waals surface area contributed by atoms with E-state index in [2.05, 4.69) is 17.6 Å². The molecule has 0 aromatic heterocycles.